The molecule has 0 amide bonds. The minimum absolute atomic E-state index is 0.131. The Hall–Kier alpha value is -1.40. The van der Waals surface area contributed by atoms with Crippen LogP contribution in [0.1, 0.15) is 22.9 Å². The van der Waals surface area contributed by atoms with Gasteiger partial charge in [-0.15, -0.1) is 0 Å². The van der Waals surface area contributed by atoms with Crippen LogP contribution in [0.15, 0.2) is 47.1 Å². The van der Waals surface area contributed by atoms with Crippen molar-refractivity contribution in [3.8, 4) is 0 Å². The van der Waals surface area contributed by atoms with E-state index in [1.807, 2.05) is 6.07 Å². The standard InChI is InChI=1S/C14H14F3NOS/c15-14(16,17)12-6-2-1-5-11(12)13(18)9-20-8-10-4-3-7-19-10/h1-7,13H,8-9,18H2. The molecule has 1 aromatic carbocycles. The summed E-state index contributed by atoms with van der Waals surface area (Å²) in [6.07, 6.45) is -2.81. The van der Waals surface area contributed by atoms with E-state index >= 15 is 0 Å². The summed E-state index contributed by atoms with van der Waals surface area (Å²) in [7, 11) is 0. The highest BCUT2D eigenvalue weighted by atomic mass is 32.2. The largest absolute Gasteiger partial charge is 0.468 e. The Kier molecular flexibility index (Phi) is 4.77. The highest BCUT2D eigenvalue weighted by molar-refractivity contribution is 7.98. The third-order valence-corrected chi connectivity index (χ3v) is 3.87. The maximum atomic E-state index is 12.9. The van der Waals surface area contributed by atoms with Crippen LogP contribution in [0.3, 0.4) is 0 Å². The fourth-order valence-electron chi connectivity index (χ4n) is 1.85. The van der Waals surface area contributed by atoms with E-state index in [1.165, 1.54) is 23.9 Å². The van der Waals surface area contributed by atoms with Crippen molar-refractivity contribution in [3.05, 3.63) is 59.5 Å². The molecule has 1 aromatic heterocycles. The fraction of sp³-hybridized carbons (Fsp3) is 0.286. The van der Waals surface area contributed by atoms with Crippen LogP contribution in [0.25, 0.3) is 0 Å². The van der Waals surface area contributed by atoms with Crippen molar-refractivity contribution in [2.45, 2.75) is 18.0 Å². The Morgan fingerprint density at radius 3 is 2.55 bits per heavy atom. The lowest BCUT2D eigenvalue weighted by Gasteiger charge is -2.17. The van der Waals surface area contributed by atoms with Gasteiger partial charge in [0.15, 0.2) is 0 Å². The lowest BCUT2D eigenvalue weighted by molar-refractivity contribution is -0.138. The number of rotatable bonds is 5. The highest BCUT2D eigenvalue weighted by Gasteiger charge is 2.34. The predicted octanol–water partition coefficient (Wildman–Crippen LogP) is 4.23. The van der Waals surface area contributed by atoms with Gasteiger partial charge in [0.2, 0.25) is 0 Å². The van der Waals surface area contributed by atoms with Crippen molar-refractivity contribution >= 4 is 11.8 Å². The first-order valence-corrected chi connectivity index (χ1v) is 7.16. The summed E-state index contributed by atoms with van der Waals surface area (Å²) < 4.78 is 43.8. The molecule has 108 valence electrons. The summed E-state index contributed by atoms with van der Waals surface area (Å²) in [4.78, 5) is 0. The second kappa shape index (κ2) is 6.37. The molecule has 0 aliphatic carbocycles. The molecular weight excluding hydrogens is 287 g/mol. The molecule has 6 heteroatoms. The second-order valence-electron chi connectivity index (χ2n) is 4.29. The third kappa shape index (κ3) is 3.80. The summed E-state index contributed by atoms with van der Waals surface area (Å²) in [6, 6.07) is 8.37. The number of hydrogen-bond acceptors (Lipinski definition) is 3. The molecule has 1 heterocycles. The molecule has 0 spiro atoms. The zero-order valence-corrected chi connectivity index (χ0v) is 11.4. The Balaban J connectivity index is 2.00. The Labute approximate surface area is 119 Å². The first-order valence-electron chi connectivity index (χ1n) is 6.00. The lowest BCUT2D eigenvalue weighted by Crippen LogP contribution is -2.19. The molecule has 0 aliphatic rings. The van der Waals surface area contributed by atoms with Crippen LogP contribution in [0, 0.1) is 0 Å². The van der Waals surface area contributed by atoms with E-state index in [0.29, 0.717) is 11.5 Å². The SMILES string of the molecule is NC(CSCc1ccco1)c1ccccc1C(F)(F)F. The van der Waals surface area contributed by atoms with Crippen molar-refractivity contribution in [1.29, 1.82) is 0 Å². The van der Waals surface area contributed by atoms with Crippen LogP contribution in [-0.2, 0) is 11.9 Å². The summed E-state index contributed by atoms with van der Waals surface area (Å²) >= 11 is 1.45. The minimum Gasteiger partial charge on any atom is -0.468 e. The van der Waals surface area contributed by atoms with Gasteiger partial charge in [-0.3, -0.25) is 0 Å². The van der Waals surface area contributed by atoms with Crippen LogP contribution in [0.5, 0.6) is 0 Å². The van der Waals surface area contributed by atoms with Gasteiger partial charge in [-0.25, -0.2) is 0 Å². The summed E-state index contributed by atoms with van der Waals surface area (Å²) in [6.45, 7) is 0. The van der Waals surface area contributed by atoms with Crippen molar-refractivity contribution < 1.29 is 17.6 Å². The maximum absolute atomic E-state index is 12.9. The highest BCUT2D eigenvalue weighted by Crippen LogP contribution is 2.34. The molecule has 2 rings (SSSR count). The number of furan rings is 1. The summed E-state index contributed by atoms with van der Waals surface area (Å²) in [5.74, 6) is 1.77. The Bertz CT molecular complexity index is 540. The average molecular weight is 301 g/mol. The number of halogens is 3. The van der Waals surface area contributed by atoms with Gasteiger partial charge < -0.3 is 10.2 Å². The Morgan fingerprint density at radius 1 is 1.15 bits per heavy atom. The first kappa shape index (κ1) is 15.0. The molecule has 0 saturated carbocycles. The third-order valence-electron chi connectivity index (χ3n) is 2.79. The molecule has 0 radical (unpaired) electrons. The van der Waals surface area contributed by atoms with Crippen LogP contribution in [-0.4, -0.2) is 5.75 Å². The van der Waals surface area contributed by atoms with Crippen LogP contribution in [0.2, 0.25) is 0 Å². The quantitative estimate of drug-likeness (QED) is 0.898. The summed E-state index contributed by atoms with van der Waals surface area (Å²) in [5, 5.41) is 0. The zero-order chi connectivity index (χ0) is 14.6. The molecule has 0 bridgehead atoms. The lowest BCUT2D eigenvalue weighted by atomic mass is 10.0. The number of benzene rings is 1. The summed E-state index contributed by atoms with van der Waals surface area (Å²) in [5.41, 5.74) is 5.35. The fourth-order valence-corrected chi connectivity index (χ4v) is 2.77. The molecule has 2 aromatic rings. The second-order valence-corrected chi connectivity index (χ2v) is 5.32. The van der Waals surface area contributed by atoms with Crippen LogP contribution < -0.4 is 5.73 Å². The molecular formula is C14H14F3NOS. The van der Waals surface area contributed by atoms with Gasteiger partial charge in [0.1, 0.15) is 5.76 Å². The Morgan fingerprint density at radius 2 is 1.90 bits per heavy atom. The number of thioether (sulfide) groups is 1. The molecule has 20 heavy (non-hydrogen) atoms. The maximum Gasteiger partial charge on any atom is 0.416 e. The molecule has 0 fully saturated rings. The monoisotopic (exact) mass is 301 g/mol. The van der Waals surface area contributed by atoms with Gasteiger partial charge in [-0.05, 0) is 23.8 Å². The molecule has 2 N–H and O–H groups in total. The smallest absolute Gasteiger partial charge is 0.416 e. The van der Waals surface area contributed by atoms with E-state index in [0.717, 1.165) is 11.8 Å². The minimum atomic E-state index is -4.38. The van der Waals surface area contributed by atoms with E-state index in [1.54, 1.807) is 18.4 Å². The van der Waals surface area contributed by atoms with Crippen LogP contribution >= 0.6 is 11.8 Å². The zero-order valence-electron chi connectivity index (χ0n) is 10.6. The topological polar surface area (TPSA) is 39.2 Å². The molecule has 1 atom stereocenters. The molecule has 0 aliphatic heterocycles. The van der Waals surface area contributed by atoms with Crippen LogP contribution in [0.4, 0.5) is 13.2 Å². The van der Waals surface area contributed by atoms with E-state index in [2.05, 4.69) is 0 Å². The van der Waals surface area contributed by atoms with Gasteiger partial charge in [0.05, 0.1) is 17.6 Å². The van der Waals surface area contributed by atoms with E-state index in [-0.39, 0.29) is 5.56 Å². The molecule has 0 saturated heterocycles. The normalized spacial score (nSPS) is 13.4. The van der Waals surface area contributed by atoms with E-state index in [4.69, 9.17) is 10.2 Å². The molecule has 2 nitrogen and oxygen atoms in total. The van der Waals surface area contributed by atoms with Crippen molar-refractivity contribution in [3.63, 3.8) is 0 Å². The number of hydrogen-bond donors (Lipinski definition) is 1. The van der Waals surface area contributed by atoms with Gasteiger partial charge in [0, 0.05) is 11.8 Å². The van der Waals surface area contributed by atoms with Crippen molar-refractivity contribution in [2.75, 3.05) is 5.75 Å². The van der Waals surface area contributed by atoms with E-state index in [9.17, 15) is 13.2 Å². The van der Waals surface area contributed by atoms with Gasteiger partial charge >= 0.3 is 6.18 Å². The number of nitrogens with two attached hydrogens (primary N) is 1. The average Bonchev–Trinajstić information content (AvgIpc) is 2.91. The first-order chi connectivity index (χ1) is 9.48. The van der Waals surface area contributed by atoms with Gasteiger partial charge in [-0.1, -0.05) is 18.2 Å². The van der Waals surface area contributed by atoms with Crippen molar-refractivity contribution in [1.82, 2.24) is 0 Å². The van der Waals surface area contributed by atoms with Gasteiger partial charge in [-0.2, -0.15) is 24.9 Å². The molecule has 1 unspecified atom stereocenters. The predicted molar refractivity (Wildman–Crippen MR) is 73.2 cm³/mol. The number of alkyl halides is 3. The van der Waals surface area contributed by atoms with Crippen molar-refractivity contribution in [2.24, 2.45) is 5.73 Å². The van der Waals surface area contributed by atoms with E-state index < -0.39 is 17.8 Å². The van der Waals surface area contributed by atoms with Gasteiger partial charge in [0.25, 0.3) is 0 Å².